The summed E-state index contributed by atoms with van der Waals surface area (Å²) in [5.74, 6) is -1.48. The highest BCUT2D eigenvalue weighted by Crippen LogP contribution is 2.31. The van der Waals surface area contributed by atoms with Gasteiger partial charge in [0.1, 0.15) is 10.9 Å². The lowest BCUT2D eigenvalue weighted by molar-refractivity contribution is -0.118. The molecule has 3 rings (SSSR count). The van der Waals surface area contributed by atoms with Crippen molar-refractivity contribution in [3.63, 3.8) is 0 Å². The average molecular weight is 372 g/mol. The second-order valence-electron chi connectivity index (χ2n) is 5.90. The summed E-state index contributed by atoms with van der Waals surface area (Å²) in [6.45, 7) is 2.78. The summed E-state index contributed by atoms with van der Waals surface area (Å²) in [4.78, 5) is 36.1. The molecule has 1 N–H and O–H groups in total. The third-order valence-corrected chi connectivity index (χ3v) is 6.06. The summed E-state index contributed by atoms with van der Waals surface area (Å²) < 4.78 is 25.8. The van der Waals surface area contributed by atoms with E-state index < -0.39 is 27.9 Å². The number of nitrogens with zero attached hydrogens (tertiary/aromatic N) is 1. The van der Waals surface area contributed by atoms with E-state index in [1.54, 1.807) is 18.2 Å². The SMILES string of the molecule is CC(=O)c1ccc(NC(=O)[C@@H](C)N2C(=O)c3ccccc3S2(=O)=O)cc1. The molecular formula is C18H16N2O5S. The number of carbonyl (C=O) groups excluding carboxylic acids is 3. The van der Waals surface area contributed by atoms with E-state index in [1.165, 1.54) is 44.2 Å². The molecule has 0 bridgehead atoms. The molecule has 2 aromatic carbocycles. The van der Waals surface area contributed by atoms with Crippen LogP contribution < -0.4 is 5.32 Å². The van der Waals surface area contributed by atoms with Gasteiger partial charge in [-0.05, 0) is 50.2 Å². The molecule has 8 heteroatoms. The number of hydrogen-bond acceptors (Lipinski definition) is 5. The predicted octanol–water partition coefficient (Wildman–Crippen LogP) is 2.06. The molecule has 1 aliphatic rings. The van der Waals surface area contributed by atoms with Gasteiger partial charge in [-0.2, -0.15) is 0 Å². The maximum absolute atomic E-state index is 12.6. The fourth-order valence-electron chi connectivity index (χ4n) is 2.73. The summed E-state index contributed by atoms with van der Waals surface area (Å²) in [7, 11) is -4.07. The number of Topliss-reactive ketones (excluding diaryl/α,β-unsaturated/α-hetero) is 1. The van der Waals surface area contributed by atoms with Crippen LogP contribution in [0.1, 0.15) is 34.6 Å². The van der Waals surface area contributed by atoms with E-state index in [1.807, 2.05) is 0 Å². The third-order valence-electron chi connectivity index (χ3n) is 4.14. The van der Waals surface area contributed by atoms with E-state index in [2.05, 4.69) is 5.32 Å². The smallest absolute Gasteiger partial charge is 0.269 e. The van der Waals surface area contributed by atoms with Gasteiger partial charge in [0, 0.05) is 11.3 Å². The van der Waals surface area contributed by atoms with Gasteiger partial charge in [-0.3, -0.25) is 14.4 Å². The third kappa shape index (κ3) is 2.88. The maximum atomic E-state index is 12.6. The molecule has 0 fully saturated rings. The van der Waals surface area contributed by atoms with Crippen molar-refractivity contribution in [2.75, 3.05) is 5.32 Å². The van der Waals surface area contributed by atoms with Crippen molar-refractivity contribution in [3.8, 4) is 0 Å². The molecule has 134 valence electrons. The molecule has 0 saturated heterocycles. The largest absolute Gasteiger partial charge is 0.324 e. The van der Waals surface area contributed by atoms with Gasteiger partial charge in [-0.25, -0.2) is 12.7 Å². The van der Waals surface area contributed by atoms with Crippen molar-refractivity contribution in [1.29, 1.82) is 0 Å². The van der Waals surface area contributed by atoms with E-state index >= 15 is 0 Å². The Bertz CT molecular complexity index is 1010. The minimum Gasteiger partial charge on any atom is -0.324 e. The molecular weight excluding hydrogens is 356 g/mol. The standard InChI is InChI=1S/C18H16N2O5S/c1-11(17(22)19-14-9-7-13(8-10-14)12(2)21)20-18(23)15-5-3-4-6-16(15)26(20,24)25/h3-11H,1-2H3,(H,19,22)/t11-/m1/s1. The Morgan fingerprint density at radius 2 is 1.65 bits per heavy atom. The summed E-state index contributed by atoms with van der Waals surface area (Å²) in [5, 5.41) is 2.56. The summed E-state index contributed by atoms with van der Waals surface area (Å²) in [6, 6.07) is 10.8. The highest BCUT2D eigenvalue weighted by molar-refractivity contribution is 7.90. The number of rotatable bonds is 4. The number of fused-ring (bicyclic) bond motifs is 1. The normalized spacial score (nSPS) is 16.1. The zero-order valence-corrected chi connectivity index (χ0v) is 14.9. The number of anilines is 1. The van der Waals surface area contributed by atoms with E-state index in [-0.39, 0.29) is 16.2 Å². The quantitative estimate of drug-likeness (QED) is 0.828. The molecule has 2 amide bonds. The number of ketones is 1. The van der Waals surface area contributed by atoms with Gasteiger partial charge < -0.3 is 5.32 Å². The Morgan fingerprint density at radius 3 is 2.23 bits per heavy atom. The number of nitrogens with one attached hydrogen (secondary N) is 1. The van der Waals surface area contributed by atoms with E-state index in [9.17, 15) is 22.8 Å². The average Bonchev–Trinajstić information content (AvgIpc) is 2.81. The van der Waals surface area contributed by atoms with E-state index in [4.69, 9.17) is 0 Å². The highest BCUT2D eigenvalue weighted by Gasteiger charge is 2.45. The molecule has 2 aromatic rings. The Hall–Kier alpha value is -3.00. The zero-order chi connectivity index (χ0) is 19.1. The second kappa shape index (κ2) is 6.38. The van der Waals surface area contributed by atoms with Crippen LogP contribution in [0, 0.1) is 0 Å². The lowest BCUT2D eigenvalue weighted by atomic mass is 10.1. The molecule has 1 aliphatic heterocycles. The van der Waals surface area contributed by atoms with Gasteiger partial charge in [-0.15, -0.1) is 0 Å². The van der Waals surface area contributed by atoms with Gasteiger partial charge >= 0.3 is 0 Å². The Labute approximate surface area is 150 Å². The minimum atomic E-state index is -4.07. The van der Waals surface area contributed by atoms with Crippen LogP contribution in [-0.4, -0.2) is 36.4 Å². The van der Waals surface area contributed by atoms with Gasteiger partial charge in [0.05, 0.1) is 5.56 Å². The Morgan fingerprint density at radius 1 is 1.04 bits per heavy atom. The molecule has 26 heavy (non-hydrogen) atoms. The van der Waals surface area contributed by atoms with E-state index in [0.717, 1.165) is 0 Å². The monoisotopic (exact) mass is 372 g/mol. The van der Waals surface area contributed by atoms with Crippen LogP contribution >= 0.6 is 0 Å². The Balaban J connectivity index is 1.83. The van der Waals surface area contributed by atoms with Crippen LogP contribution in [0.2, 0.25) is 0 Å². The molecule has 0 saturated carbocycles. The molecule has 0 spiro atoms. The molecule has 0 unspecified atom stereocenters. The Kier molecular flexibility index (Phi) is 4.37. The summed E-state index contributed by atoms with van der Waals surface area (Å²) in [5.41, 5.74) is 0.940. The minimum absolute atomic E-state index is 0.0537. The summed E-state index contributed by atoms with van der Waals surface area (Å²) >= 11 is 0. The second-order valence-corrected chi connectivity index (χ2v) is 7.68. The molecule has 1 heterocycles. The van der Waals surface area contributed by atoms with Crippen LogP contribution in [0.15, 0.2) is 53.4 Å². The first-order valence-electron chi connectivity index (χ1n) is 7.83. The number of carbonyl (C=O) groups is 3. The van der Waals surface area contributed by atoms with Crippen LogP contribution in [0.4, 0.5) is 5.69 Å². The molecule has 0 radical (unpaired) electrons. The van der Waals surface area contributed by atoms with E-state index in [0.29, 0.717) is 15.6 Å². The zero-order valence-electron chi connectivity index (χ0n) is 14.1. The van der Waals surface area contributed by atoms with Crippen LogP contribution in [0.25, 0.3) is 0 Å². The lowest BCUT2D eigenvalue weighted by Crippen LogP contribution is -2.45. The van der Waals surface area contributed by atoms with Crippen molar-refractivity contribution in [2.24, 2.45) is 0 Å². The maximum Gasteiger partial charge on any atom is 0.269 e. The van der Waals surface area contributed by atoms with Gasteiger partial charge in [0.15, 0.2) is 5.78 Å². The van der Waals surface area contributed by atoms with Crippen molar-refractivity contribution in [2.45, 2.75) is 24.8 Å². The van der Waals surface area contributed by atoms with Crippen LogP contribution in [-0.2, 0) is 14.8 Å². The van der Waals surface area contributed by atoms with Crippen molar-refractivity contribution in [1.82, 2.24) is 4.31 Å². The van der Waals surface area contributed by atoms with Crippen LogP contribution in [0.3, 0.4) is 0 Å². The van der Waals surface area contributed by atoms with Crippen molar-refractivity contribution in [3.05, 3.63) is 59.7 Å². The number of sulfonamides is 1. The molecule has 0 aliphatic carbocycles. The van der Waals surface area contributed by atoms with Gasteiger partial charge in [0.2, 0.25) is 5.91 Å². The predicted molar refractivity (Wildman–Crippen MR) is 94.3 cm³/mol. The number of hydrogen-bond donors (Lipinski definition) is 1. The molecule has 1 atom stereocenters. The molecule has 7 nitrogen and oxygen atoms in total. The highest BCUT2D eigenvalue weighted by atomic mass is 32.2. The first-order chi connectivity index (χ1) is 12.2. The summed E-state index contributed by atoms with van der Waals surface area (Å²) in [6.07, 6.45) is 0. The van der Waals surface area contributed by atoms with Gasteiger partial charge in [-0.1, -0.05) is 12.1 Å². The first kappa shape index (κ1) is 17.8. The van der Waals surface area contributed by atoms with Crippen LogP contribution in [0.5, 0.6) is 0 Å². The fraction of sp³-hybridized carbons (Fsp3) is 0.167. The number of amides is 2. The van der Waals surface area contributed by atoms with Crippen molar-refractivity contribution < 1.29 is 22.8 Å². The lowest BCUT2D eigenvalue weighted by Gasteiger charge is -2.22. The van der Waals surface area contributed by atoms with Gasteiger partial charge in [0.25, 0.3) is 15.9 Å². The topological polar surface area (TPSA) is 101 Å². The number of benzene rings is 2. The fourth-order valence-corrected chi connectivity index (χ4v) is 4.45. The molecule has 0 aromatic heterocycles. The first-order valence-corrected chi connectivity index (χ1v) is 9.27. The van der Waals surface area contributed by atoms with Crippen molar-refractivity contribution >= 4 is 33.3 Å².